The zero-order valence-corrected chi connectivity index (χ0v) is 16.0. The number of thiazole rings is 1. The van der Waals surface area contributed by atoms with Crippen molar-refractivity contribution >= 4 is 23.3 Å². The van der Waals surface area contributed by atoms with Crippen LogP contribution in [0.5, 0.6) is 5.75 Å². The summed E-state index contributed by atoms with van der Waals surface area (Å²) < 4.78 is 18.5. The highest BCUT2D eigenvalue weighted by atomic mass is 32.1. The lowest BCUT2D eigenvalue weighted by molar-refractivity contribution is -0.133. The minimum Gasteiger partial charge on any atom is -0.486 e. The summed E-state index contributed by atoms with van der Waals surface area (Å²) in [6.45, 7) is 0.434. The standard InChI is InChI=1S/C20H20FN3O3S/c21-14-5-7-16(8-6-14)27-10-17-22-15(11-28-17)9-24-18(25)20(12-1-2-12,13-3-4-13)23-19(24)26/h5-8,11-13H,1-4,9-10H2,(H,23,26). The second-order valence-corrected chi connectivity index (χ2v) is 8.66. The number of hydrogen-bond donors (Lipinski definition) is 1. The van der Waals surface area contributed by atoms with Crippen LogP contribution in [0.2, 0.25) is 0 Å². The summed E-state index contributed by atoms with van der Waals surface area (Å²) in [4.78, 5) is 31.4. The van der Waals surface area contributed by atoms with Gasteiger partial charge in [-0.3, -0.25) is 9.69 Å². The van der Waals surface area contributed by atoms with Gasteiger partial charge in [-0.25, -0.2) is 14.2 Å². The predicted molar refractivity (Wildman–Crippen MR) is 100 cm³/mol. The summed E-state index contributed by atoms with van der Waals surface area (Å²) in [5, 5.41) is 5.61. The van der Waals surface area contributed by atoms with E-state index in [0.29, 0.717) is 11.4 Å². The van der Waals surface area contributed by atoms with Crippen LogP contribution in [0.4, 0.5) is 9.18 Å². The van der Waals surface area contributed by atoms with E-state index in [1.54, 1.807) is 12.1 Å². The Morgan fingerprint density at radius 1 is 1.18 bits per heavy atom. The molecule has 1 aliphatic heterocycles. The molecule has 1 aromatic heterocycles. The molecule has 3 fully saturated rings. The molecule has 0 atom stereocenters. The summed E-state index contributed by atoms with van der Waals surface area (Å²) in [5.74, 6) is 0.740. The molecule has 0 bridgehead atoms. The third-order valence-corrected chi connectivity index (χ3v) is 6.57. The van der Waals surface area contributed by atoms with Gasteiger partial charge in [0.25, 0.3) is 5.91 Å². The SMILES string of the molecule is O=C1NC(C2CC2)(C2CC2)C(=O)N1Cc1csc(COc2ccc(F)cc2)n1. The summed E-state index contributed by atoms with van der Waals surface area (Å²) in [6.07, 6.45) is 4.05. The Bertz CT molecular complexity index is 909. The lowest BCUT2D eigenvalue weighted by atomic mass is 9.87. The lowest BCUT2D eigenvalue weighted by Crippen LogP contribution is -2.51. The summed E-state index contributed by atoms with van der Waals surface area (Å²) in [7, 11) is 0. The first-order valence-corrected chi connectivity index (χ1v) is 10.4. The molecule has 8 heteroatoms. The molecule has 1 saturated heterocycles. The van der Waals surface area contributed by atoms with Crippen molar-refractivity contribution in [3.63, 3.8) is 0 Å². The molecule has 146 valence electrons. The molecule has 0 radical (unpaired) electrons. The molecule has 2 aromatic rings. The van der Waals surface area contributed by atoms with Crippen LogP contribution in [0.25, 0.3) is 0 Å². The van der Waals surface area contributed by atoms with Gasteiger partial charge < -0.3 is 10.1 Å². The Balaban J connectivity index is 1.25. The molecule has 2 aliphatic carbocycles. The average molecular weight is 401 g/mol. The number of aromatic nitrogens is 1. The number of hydrogen-bond acceptors (Lipinski definition) is 5. The zero-order chi connectivity index (χ0) is 19.3. The van der Waals surface area contributed by atoms with Crippen molar-refractivity contribution in [2.24, 2.45) is 11.8 Å². The second kappa shape index (κ2) is 6.55. The van der Waals surface area contributed by atoms with Gasteiger partial charge in [-0.2, -0.15) is 0 Å². The quantitative estimate of drug-likeness (QED) is 0.721. The third kappa shape index (κ3) is 3.05. The Kier molecular flexibility index (Phi) is 4.12. The van der Waals surface area contributed by atoms with Crippen LogP contribution in [0, 0.1) is 17.7 Å². The van der Waals surface area contributed by atoms with Crippen LogP contribution in [-0.4, -0.2) is 27.4 Å². The average Bonchev–Trinajstić information content (AvgIpc) is 3.61. The Morgan fingerprint density at radius 2 is 1.86 bits per heavy atom. The van der Waals surface area contributed by atoms with Crippen molar-refractivity contribution in [1.29, 1.82) is 0 Å². The fraction of sp³-hybridized carbons (Fsp3) is 0.450. The number of halogens is 1. The number of amides is 3. The second-order valence-electron chi connectivity index (χ2n) is 7.71. The predicted octanol–water partition coefficient (Wildman–Crippen LogP) is 3.47. The van der Waals surface area contributed by atoms with Crippen molar-refractivity contribution in [3.05, 3.63) is 46.2 Å². The molecular formula is C20H20FN3O3S. The topological polar surface area (TPSA) is 71.5 Å². The van der Waals surface area contributed by atoms with Crippen LogP contribution in [-0.2, 0) is 17.9 Å². The fourth-order valence-electron chi connectivity index (χ4n) is 4.05. The highest BCUT2D eigenvalue weighted by molar-refractivity contribution is 7.09. The van der Waals surface area contributed by atoms with Crippen molar-refractivity contribution < 1.29 is 18.7 Å². The van der Waals surface area contributed by atoms with Gasteiger partial charge >= 0.3 is 6.03 Å². The van der Waals surface area contributed by atoms with E-state index in [1.807, 2.05) is 5.38 Å². The summed E-state index contributed by atoms with van der Waals surface area (Å²) in [5.41, 5.74) is 0.00958. The van der Waals surface area contributed by atoms with Crippen LogP contribution in [0.15, 0.2) is 29.6 Å². The van der Waals surface area contributed by atoms with E-state index < -0.39 is 5.54 Å². The molecular weight excluding hydrogens is 381 g/mol. The van der Waals surface area contributed by atoms with Crippen molar-refractivity contribution in [2.75, 3.05) is 0 Å². The molecule has 0 unspecified atom stereocenters. The van der Waals surface area contributed by atoms with E-state index in [2.05, 4.69) is 10.3 Å². The maximum atomic E-state index is 13.1. The Labute approximate surface area is 165 Å². The van der Waals surface area contributed by atoms with Gasteiger partial charge in [0.05, 0.1) is 12.2 Å². The normalized spacial score (nSPS) is 21.1. The van der Waals surface area contributed by atoms with Gasteiger partial charge in [-0.15, -0.1) is 11.3 Å². The molecule has 1 aromatic carbocycles. The van der Waals surface area contributed by atoms with Crippen molar-refractivity contribution in [1.82, 2.24) is 15.2 Å². The van der Waals surface area contributed by atoms with Crippen LogP contribution < -0.4 is 10.1 Å². The maximum absolute atomic E-state index is 13.1. The zero-order valence-electron chi connectivity index (χ0n) is 15.2. The molecule has 5 rings (SSSR count). The number of ether oxygens (including phenoxy) is 1. The van der Waals surface area contributed by atoms with Gasteiger partial charge in [-0.05, 0) is 61.8 Å². The van der Waals surface area contributed by atoms with E-state index in [0.717, 1.165) is 30.7 Å². The highest BCUT2D eigenvalue weighted by Crippen LogP contribution is 2.54. The van der Waals surface area contributed by atoms with Gasteiger partial charge in [0.2, 0.25) is 0 Å². The number of benzene rings is 1. The summed E-state index contributed by atoms with van der Waals surface area (Å²) in [6, 6.07) is 5.50. The first-order valence-electron chi connectivity index (χ1n) is 9.52. The number of rotatable bonds is 7. The number of urea groups is 1. The van der Waals surface area contributed by atoms with E-state index in [1.165, 1.54) is 28.4 Å². The van der Waals surface area contributed by atoms with E-state index in [9.17, 15) is 14.0 Å². The smallest absolute Gasteiger partial charge is 0.325 e. The van der Waals surface area contributed by atoms with Gasteiger partial charge in [0.1, 0.15) is 28.7 Å². The number of nitrogens with zero attached hydrogens (tertiary/aromatic N) is 2. The number of nitrogens with one attached hydrogen (secondary N) is 1. The number of carbonyl (C=O) groups excluding carboxylic acids is 2. The fourth-order valence-corrected chi connectivity index (χ4v) is 4.74. The molecule has 6 nitrogen and oxygen atoms in total. The first-order chi connectivity index (χ1) is 13.6. The van der Waals surface area contributed by atoms with Crippen molar-refractivity contribution in [3.8, 4) is 5.75 Å². The molecule has 2 heterocycles. The number of imide groups is 1. The summed E-state index contributed by atoms with van der Waals surface area (Å²) >= 11 is 1.42. The van der Waals surface area contributed by atoms with Gasteiger partial charge in [-0.1, -0.05) is 0 Å². The van der Waals surface area contributed by atoms with E-state index >= 15 is 0 Å². The molecule has 2 saturated carbocycles. The van der Waals surface area contributed by atoms with Crippen LogP contribution in [0.1, 0.15) is 36.4 Å². The molecule has 3 amide bonds. The molecule has 1 N–H and O–H groups in total. The number of carbonyl (C=O) groups is 2. The molecule has 0 spiro atoms. The monoisotopic (exact) mass is 401 g/mol. The third-order valence-electron chi connectivity index (χ3n) is 5.70. The minimum absolute atomic E-state index is 0.0837. The maximum Gasteiger partial charge on any atom is 0.325 e. The van der Waals surface area contributed by atoms with E-state index in [4.69, 9.17) is 4.74 Å². The first kappa shape index (κ1) is 17.6. The van der Waals surface area contributed by atoms with Crippen LogP contribution in [0.3, 0.4) is 0 Å². The minimum atomic E-state index is -0.665. The van der Waals surface area contributed by atoms with Gasteiger partial charge in [0.15, 0.2) is 0 Å². The largest absolute Gasteiger partial charge is 0.486 e. The lowest BCUT2D eigenvalue weighted by Gasteiger charge is -2.26. The van der Waals surface area contributed by atoms with E-state index in [-0.39, 0.29) is 42.7 Å². The molecule has 28 heavy (non-hydrogen) atoms. The highest BCUT2D eigenvalue weighted by Gasteiger charge is 2.65. The van der Waals surface area contributed by atoms with Gasteiger partial charge in [0, 0.05) is 5.38 Å². The Hall–Kier alpha value is -2.48. The Morgan fingerprint density at radius 3 is 2.50 bits per heavy atom. The molecule has 3 aliphatic rings. The van der Waals surface area contributed by atoms with Crippen molar-refractivity contribution in [2.45, 2.75) is 44.4 Å². The van der Waals surface area contributed by atoms with Crippen LogP contribution >= 0.6 is 11.3 Å².